The summed E-state index contributed by atoms with van der Waals surface area (Å²) in [7, 11) is 1.58. The number of nitrogens with one attached hydrogen (secondary N) is 1. The van der Waals surface area contributed by atoms with Gasteiger partial charge in [0.1, 0.15) is 5.75 Å². The molecule has 0 bridgehead atoms. The largest absolute Gasteiger partial charge is 0.497 e. The molecule has 1 amide bonds. The molecule has 136 valence electrons. The lowest BCUT2D eigenvalue weighted by molar-refractivity contribution is -0.144. The van der Waals surface area contributed by atoms with Gasteiger partial charge in [0.2, 0.25) is 0 Å². The van der Waals surface area contributed by atoms with E-state index in [4.69, 9.17) is 21.1 Å². The summed E-state index contributed by atoms with van der Waals surface area (Å²) >= 11 is 6.09. The normalized spacial score (nSPS) is 11.8. The maximum atomic E-state index is 11.9. The summed E-state index contributed by atoms with van der Waals surface area (Å²) in [4.78, 5) is 23.6. The minimum atomic E-state index is -0.596. The molecule has 0 aliphatic carbocycles. The smallest absolute Gasteiger partial charge is 0.331 e. The lowest BCUT2D eigenvalue weighted by Crippen LogP contribution is -2.31. The van der Waals surface area contributed by atoms with Gasteiger partial charge in [0.15, 0.2) is 6.61 Å². The molecule has 0 heterocycles. The van der Waals surface area contributed by atoms with E-state index in [2.05, 4.69) is 5.32 Å². The quantitative estimate of drug-likeness (QED) is 0.592. The predicted molar refractivity (Wildman–Crippen MR) is 101 cm³/mol. The van der Waals surface area contributed by atoms with Crippen LogP contribution in [0.3, 0.4) is 0 Å². The highest BCUT2D eigenvalue weighted by Gasteiger charge is 2.13. The number of benzene rings is 2. The van der Waals surface area contributed by atoms with Gasteiger partial charge in [-0.15, -0.1) is 0 Å². The van der Waals surface area contributed by atoms with Gasteiger partial charge < -0.3 is 14.8 Å². The van der Waals surface area contributed by atoms with Gasteiger partial charge in [-0.25, -0.2) is 4.79 Å². The second kappa shape index (κ2) is 9.63. The van der Waals surface area contributed by atoms with Crippen LogP contribution in [0.15, 0.2) is 54.6 Å². The zero-order valence-corrected chi connectivity index (χ0v) is 15.3. The maximum Gasteiger partial charge on any atom is 0.331 e. The van der Waals surface area contributed by atoms with Crippen LogP contribution in [0.1, 0.15) is 24.1 Å². The molecule has 2 rings (SSSR count). The molecule has 1 atom stereocenters. The number of ether oxygens (including phenoxy) is 2. The first-order chi connectivity index (χ1) is 12.5. The summed E-state index contributed by atoms with van der Waals surface area (Å²) in [5.74, 6) is -0.265. The standard InChI is InChI=1S/C20H20ClNO4/c1-14(17-5-3-4-6-18(17)21)22-19(23)13-26-20(24)12-9-15-7-10-16(25-2)11-8-15/h3-12,14H,13H2,1-2H3,(H,22,23)/b12-9+/t14-/m1/s1. The first-order valence-electron chi connectivity index (χ1n) is 8.02. The second-order valence-electron chi connectivity index (χ2n) is 5.52. The van der Waals surface area contributed by atoms with Crippen molar-refractivity contribution in [2.24, 2.45) is 0 Å². The van der Waals surface area contributed by atoms with Crippen LogP contribution in [-0.2, 0) is 14.3 Å². The lowest BCUT2D eigenvalue weighted by atomic mass is 10.1. The number of halogens is 1. The summed E-state index contributed by atoms with van der Waals surface area (Å²) in [6, 6.07) is 14.1. The Labute approximate surface area is 157 Å². The molecule has 2 aromatic carbocycles. The number of carbonyl (C=O) groups excluding carboxylic acids is 2. The fourth-order valence-corrected chi connectivity index (χ4v) is 2.55. The number of hydrogen-bond donors (Lipinski definition) is 1. The van der Waals surface area contributed by atoms with Crippen LogP contribution >= 0.6 is 11.6 Å². The average molecular weight is 374 g/mol. The van der Waals surface area contributed by atoms with Crippen molar-refractivity contribution in [1.29, 1.82) is 0 Å². The lowest BCUT2D eigenvalue weighted by Gasteiger charge is -2.15. The zero-order valence-electron chi connectivity index (χ0n) is 14.6. The zero-order chi connectivity index (χ0) is 18.9. The van der Waals surface area contributed by atoms with Crippen molar-refractivity contribution in [2.75, 3.05) is 13.7 Å². The number of methoxy groups -OCH3 is 1. The Hall–Kier alpha value is -2.79. The molecule has 0 saturated carbocycles. The molecule has 0 spiro atoms. The predicted octanol–water partition coefficient (Wildman–Crippen LogP) is 3.78. The van der Waals surface area contributed by atoms with Crippen molar-refractivity contribution < 1.29 is 19.1 Å². The van der Waals surface area contributed by atoms with E-state index in [9.17, 15) is 9.59 Å². The molecule has 0 radical (unpaired) electrons. The van der Waals surface area contributed by atoms with Crippen molar-refractivity contribution in [1.82, 2.24) is 5.32 Å². The van der Waals surface area contributed by atoms with Crippen LogP contribution in [0.4, 0.5) is 0 Å². The van der Waals surface area contributed by atoms with Crippen LogP contribution in [-0.4, -0.2) is 25.6 Å². The Morgan fingerprint density at radius 2 is 1.85 bits per heavy atom. The third kappa shape index (κ3) is 5.93. The first-order valence-corrected chi connectivity index (χ1v) is 8.40. The first kappa shape index (κ1) is 19.5. The molecule has 0 unspecified atom stereocenters. The summed E-state index contributed by atoms with van der Waals surface area (Å²) < 4.78 is 10.0. The third-order valence-corrected chi connectivity index (χ3v) is 3.97. The van der Waals surface area contributed by atoms with Gasteiger partial charge in [-0.1, -0.05) is 41.9 Å². The Morgan fingerprint density at radius 3 is 2.50 bits per heavy atom. The van der Waals surface area contributed by atoms with Gasteiger partial charge in [0.05, 0.1) is 13.2 Å². The van der Waals surface area contributed by atoms with Gasteiger partial charge in [-0.05, 0) is 42.3 Å². The van der Waals surface area contributed by atoms with Crippen LogP contribution in [0.25, 0.3) is 6.08 Å². The Balaban J connectivity index is 1.80. The van der Waals surface area contributed by atoms with Gasteiger partial charge in [0.25, 0.3) is 5.91 Å². The number of rotatable bonds is 7. The molecule has 6 heteroatoms. The highest BCUT2D eigenvalue weighted by molar-refractivity contribution is 6.31. The van der Waals surface area contributed by atoms with Crippen molar-refractivity contribution in [3.05, 3.63) is 70.8 Å². The number of amides is 1. The molecule has 0 aliphatic heterocycles. The second-order valence-corrected chi connectivity index (χ2v) is 5.93. The molecule has 26 heavy (non-hydrogen) atoms. The number of hydrogen-bond acceptors (Lipinski definition) is 4. The van der Waals surface area contributed by atoms with Crippen LogP contribution < -0.4 is 10.1 Å². The van der Waals surface area contributed by atoms with Gasteiger partial charge in [-0.3, -0.25) is 4.79 Å². The fourth-order valence-electron chi connectivity index (χ4n) is 2.25. The minimum absolute atomic E-state index is 0.287. The molecule has 0 fully saturated rings. The molecule has 1 N–H and O–H groups in total. The van der Waals surface area contributed by atoms with E-state index < -0.39 is 11.9 Å². The Kier molecular flexibility index (Phi) is 7.24. The van der Waals surface area contributed by atoms with Crippen molar-refractivity contribution in [2.45, 2.75) is 13.0 Å². The molecule has 0 aromatic heterocycles. The van der Waals surface area contributed by atoms with Gasteiger partial charge in [-0.2, -0.15) is 0 Å². The Morgan fingerprint density at radius 1 is 1.15 bits per heavy atom. The molecule has 2 aromatic rings. The van der Waals surface area contributed by atoms with E-state index in [0.717, 1.165) is 16.9 Å². The van der Waals surface area contributed by atoms with Crippen LogP contribution in [0, 0.1) is 0 Å². The molecule has 5 nitrogen and oxygen atoms in total. The highest BCUT2D eigenvalue weighted by Crippen LogP contribution is 2.21. The van der Waals surface area contributed by atoms with Crippen LogP contribution in [0.5, 0.6) is 5.75 Å². The Bertz CT molecular complexity index is 787. The van der Waals surface area contributed by atoms with Gasteiger partial charge in [0, 0.05) is 11.1 Å². The number of carbonyl (C=O) groups is 2. The van der Waals surface area contributed by atoms with E-state index in [1.165, 1.54) is 6.08 Å². The minimum Gasteiger partial charge on any atom is -0.497 e. The molecular formula is C20H20ClNO4. The van der Waals surface area contributed by atoms with E-state index >= 15 is 0 Å². The van der Waals surface area contributed by atoms with E-state index in [-0.39, 0.29) is 12.6 Å². The van der Waals surface area contributed by atoms with Gasteiger partial charge >= 0.3 is 5.97 Å². The summed E-state index contributed by atoms with van der Waals surface area (Å²) in [6.45, 7) is 1.45. The van der Waals surface area contributed by atoms with Crippen LogP contribution in [0.2, 0.25) is 5.02 Å². The number of esters is 1. The average Bonchev–Trinajstić information content (AvgIpc) is 2.65. The summed E-state index contributed by atoms with van der Waals surface area (Å²) in [6.07, 6.45) is 2.87. The van der Waals surface area contributed by atoms with E-state index in [1.807, 2.05) is 25.1 Å². The monoisotopic (exact) mass is 373 g/mol. The highest BCUT2D eigenvalue weighted by atomic mass is 35.5. The molecule has 0 saturated heterocycles. The van der Waals surface area contributed by atoms with Crippen molar-refractivity contribution >= 4 is 29.6 Å². The van der Waals surface area contributed by atoms with E-state index in [0.29, 0.717) is 5.02 Å². The van der Waals surface area contributed by atoms with Crippen molar-refractivity contribution in [3.63, 3.8) is 0 Å². The maximum absolute atomic E-state index is 11.9. The summed E-state index contributed by atoms with van der Waals surface area (Å²) in [5, 5.41) is 3.31. The molecular weight excluding hydrogens is 354 g/mol. The van der Waals surface area contributed by atoms with E-state index in [1.54, 1.807) is 43.5 Å². The third-order valence-electron chi connectivity index (χ3n) is 3.62. The summed E-state index contributed by atoms with van der Waals surface area (Å²) in [5.41, 5.74) is 1.62. The topological polar surface area (TPSA) is 64.6 Å². The SMILES string of the molecule is COc1ccc(/C=C/C(=O)OCC(=O)N[C@H](C)c2ccccc2Cl)cc1. The fraction of sp³-hybridized carbons (Fsp3) is 0.200. The van der Waals surface area contributed by atoms with Crippen molar-refractivity contribution in [3.8, 4) is 5.75 Å². The molecule has 0 aliphatic rings.